The van der Waals surface area contributed by atoms with Crippen LogP contribution in [0.25, 0.3) is 11.0 Å². The Bertz CT molecular complexity index is 812. The van der Waals surface area contributed by atoms with Crippen LogP contribution in [0.4, 0.5) is 5.82 Å². The SMILES string of the molecule is CN1CCC(c2c[nH]c3ccc(NCCCCc4ccc[nH]4)nc23)CC1. The first-order valence-corrected chi connectivity index (χ1v) is 9.82. The van der Waals surface area contributed by atoms with Gasteiger partial charge in [0.15, 0.2) is 0 Å². The molecule has 4 heterocycles. The van der Waals surface area contributed by atoms with Crippen LogP contribution in [0.3, 0.4) is 0 Å². The van der Waals surface area contributed by atoms with Gasteiger partial charge in [-0.15, -0.1) is 0 Å². The Labute approximate surface area is 155 Å². The Morgan fingerprint density at radius 2 is 2.04 bits per heavy atom. The lowest BCUT2D eigenvalue weighted by atomic mass is 9.91. The van der Waals surface area contributed by atoms with Crippen LogP contribution in [-0.2, 0) is 6.42 Å². The van der Waals surface area contributed by atoms with E-state index in [9.17, 15) is 0 Å². The number of pyridine rings is 1. The van der Waals surface area contributed by atoms with Crippen LogP contribution >= 0.6 is 0 Å². The minimum Gasteiger partial charge on any atom is -0.370 e. The Balaban J connectivity index is 1.35. The molecule has 1 aliphatic heterocycles. The second kappa shape index (κ2) is 7.96. The number of rotatable bonds is 7. The number of aromatic amines is 2. The number of nitrogens with zero attached hydrogens (tertiary/aromatic N) is 2. The number of H-pyrrole nitrogens is 2. The highest BCUT2D eigenvalue weighted by molar-refractivity contribution is 5.81. The molecule has 1 saturated heterocycles. The van der Waals surface area contributed by atoms with Gasteiger partial charge in [0, 0.05) is 24.6 Å². The summed E-state index contributed by atoms with van der Waals surface area (Å²) in [7, 11) is 2.21. The van der Waals surface area contributed by atoms with Crippen molar-refractivity contribution >= 4 is 16.9 Å². The molecule has 0 atom stereocenters. The molecule has 5 heteroatoms. The monoisotopic (exact) mass is 351 g/mol. The lowest BCUT2D eigenvalue weighted by Gasteiger charge is -2.28. The second-order valence-electron chi connectivity index (χ2n) is 7.49. The Morgan fingerprint density at radius 3 is 2.85 bits per heavy atom. The van der Waals surface area contributed by atoms with Gasteiger partial charge in [-0.3, -0.25) is 0 Å². The molecule has 3 aromatic rings. The summed E-state index contributed by atoms with van der Waals surface area (Å²) >= 11 is 0. The fourth-order valence-electron chi connectivity index (χ4n) is 3.93. The van der Waals surface area contributed by atoms with E-state index in [0.29, 0.717) is 5.92 Å². The van der Waals surface area contributed by atoms with Crippen LogP contribution in [0.2, 0.25) is 0 Å². The molecule has 0 saturated carbocycles. The molecular formula is C21H29N5. The average molecular weight is 351 g/mol. The highest BCUT2D eigenvalue weighted by atomic mass is 15.1. The van der Waals surface area contributed by atoms with Crippen LogP contribution in [0.15, 0.2) is 36.7 Å². The van der Waals surface area contributed by atoms with Crippen molar-refractivity contribution in [1.82, 2.24) is 19.9 Å². The third-order valence-electron chi connectivity index (χ3n) is 5.55. The Hall–Kier alpha value is -2.27. The molecular weight excluding hydrogens is 322 g/mol. The minimum absolute atomic E-state index is 0.628. The van der Waals surface area contributed by atoms with E-state index in [1.54, 1.807) is 0 Å². The first-order valence-electron chi connectivity index (χ1n) is 9.82. The minimum atomic E-state index is 0.628. The number of hydrogen-bond donors (Lipinski definition) is 3. The molecule has 1 fully saturated rings. The van der Waals surface area contributed by atoms with Gasteiger partial charge in [0.1, 0.15) is 5.82 Å². The van der Waals surface area contributed by atoms with Crippen LogP contribution in [0.1, 0.15) is 42.9 Å². The van der Waals surface area contributed by atoms with E-state index in [2.05, 4.69) is 57.7 Å². The molecule has 4 rings (SSSR count). The maximum atomic E-state index is 4.91. The van der Waals surface area contributed by atoms with Gasteiger partial charge in [-0.05, 0) is 88.0 Å². The van der Waals surface area contributed by atoms with Gasteiger partial charge in [0.2, 0.25) is 0 Å². The quantitative estimate of drug-likeness (QED) is 0.561. The summed E-state index contributed by atoms with van der Waals surface area (Å²) in [5, 5.41) is 3.50. The zero-order valence-corrected chi connectivity index (χ0v) is 15.6. The lowest BCUT2D eigenvalue weighted by molar-refractivity contribution is 0.256. The third kappa shape index (κ3) is 3.93. The van der Waals surface area contributed by atoms with Crippen molar-refractivity contribution in [2.24, 2.45) is 0 Å². The highest BCUT2D eigenvalue weighted by Crippen LogP contribution is 2.32. The van der Waals surface area contributed by atoms with Gasteiger partial charge in [-0.1, -0.05) is 0 Å². The topological polar surface area (TPSA) is 59.7 Å². The van der Waals surface area contributed by atoms with Gasteiger partial charge in [0.05, 0.1) is 11.0 Å². The number of aromatic nitrogens is 3. The van der Waals surface area contributed by atoms with Gasteiger partial charge in [-0.25, -0.2) is 4.98 Å². The molecule has 138 valence electrons. The first-order chi connectivity index (χ1) is 12.8. The van der Waals surface area contributed by atoms with E-state index in [1.165, 1.54) is 43.6 Å². The number of fused-ring (bicyclic) bond motifs is 1. The van der Waals surface area contributed by atoms with Crippen molar-refractivity contribution in [3.63, 3.8) is 0 Å². The van der Waals surface area contributed by atoms with Gasteiger partial charge < -0.3 is 20.2 Å². The van der Waals surface area contributed by atoms with E-state index < -0.39 is 0 Å². The number of unbranched alkanes of at least 4 members (excludes halogenated alkanes) is 1. The number of aryl methyl sites for hydroxylation is 1. The van der Waals surface area contributed by atoms with E-state index in [4.69, 9.17) is 4.98 Å². The second-order valence-corrected chi connectivity index (χ2v) is 7.49. The summed E-state index contributed by atoms with van der Waals surface area (Å²) in [6.45, 7) is 3.32. The summed E-state index contributed by atoms with van der Waals surface area (Å²) in [5.41, 5.74) is 5.01. The van der Waals surface area contributed by atoms with Crippen LogP contribution in [-0.4, -0.2) is 46.5 Å². The standard InChI is InChI=1S/C21H29N5/c1-26-13-9-16(10-14-26)18-15-24-19-7-8-20(25-21(18)19)23-11-3-2-5-17-6-4-12-22-17/h4,6-8,12,15-16,22,24H,2-3,5,9-11,13-14H2,1H3,(H,23,25). The van der Waals surface area contributed by atoms with E-state index in [-0.39, 0.29) is 0 Å². The van der Waals surface area contributed by atoms with E-state index in [0.717, 1.165) is 36.2 Å². The summed E-state index contributed by atoms with van der Waals surface area (Å²) in [6, 6.07) is 8.45. The fourth-order valence-corrected chi connectivity index (χ4v) is 3.93. The van der Waals surface area contributed by atoms with E-state index in [1.807, 2.05) is 6.20 Å². The maximum Gasteiger partial charge on any atom is 0.126 e. The number of likely N-dealkylation sites (tertiary alicyclic amines) is 1. The molecule has 0 spiro atoms. The summed E-state index contributed by atoms with van der Waals surface area (Å²) in [6.07, 6.45) is 10.1. The molecule has 0 aliphatic carbocycles. The van der Waals surface area contributed by atoms with E-state index >= 15 is 0 Å². The molecule has 3 N–H and O–H groups in total. The van der Waals surface area contributed by atoms with Crippen molar-refractivity contribution in [2.45, 2.75) is 38.0 Å². The third-order valence-corrected chi connectivity index (χ3v) is 5.55. The molecule has 0 unspecified atom stereocenters. The van der Waals surface area contributed by atoms with Gasteiger partial charge in [0.25, 0.3) is 0 Å². The molecule has 26 heavy (non-hydrogen) atoms. The predicted octanol–water partition coefficient (Wildman–Crippen LogP) is 4.14. The smallest absolute Gasteiger partial charge is 0.126 e. The Kier molecular flexibility index (Phi) is 5.25. The molecule has 0 aromatic carbocycles. The maximum absolute atomic E-state index is 4.91. The zero-order chi connectivity index (χ0) is 17.8. The van der Waals surface area contributed by atoms with Crippen LogP contribution in [0.5, 0.6) is 0 Å². The number of nitrogens with one attached hydrogen (secondary N) is 3. The van der Waals surface area contributed by atoms with Crippen molar-refractivity contribution < 1.29 is 0 Å². The first kappa shape index (κ1) is 17.2. The van der Waals surface area contributed by atoms with Crippen molar-refractivity contribution in [2.75, 3.05) is 32.0 Å². The average Bonchev–Trinajstić information content (AvgIpc) is 3.31. The number of piperidine rings is 1. The van der Waals surface area contributed by atoms with Gasteiger partial charge >= 0.3 is 0 Å². The van der Waals surface area contributed by atoms with Crippen LogP contribution in [0, 0.1) is 0 Å². The molecule has 5 nitrogen and oxygen atoms in total. The van der Waals surface area contributed by atoms with Crippen molar-refractivity contribution in [1.29, 1.82) is 0 Å². The summed E-state index contributed by atoms with van der Waals surface area (Å²) < 4.78 is 0. The van der Waals surface area contributed by atoms with Crippen molar-refractivity contribution in [3.8, 4) is 0 Å². The Morgan fingerprint density at radius 1 is 1.15 bits per heavy atom. The van der Waals surface area contributed by atoms with Crippen molar-refractivity contribution in [3.05, 3.63) is 47.9 Å². The molecule has 3 aromatic heterocycles. The highest BCUT2D eigenvalue weighted by Gasteiger charge is 2.21. The predicted molar refractivity (Wildman–Crippen MR) is 108 cm³/mol. The summed E-state index contributed by atoms with van der Waals surface area (Å²) in [5.74, 6) is 1.62. The molecule has 0 radical (unpaired) electrons. The molecule has 0 bridgehead atoms. The molecule has 1 aliphatic rings. The van der Waals surface area contributed by atoms with Crippen LogP contribution < -0.4 is 5.32 Å². The zero-order valence-electron chi connectivity index (χ0n) is 15.6. The number of hydrogen-bond acceptors (Lipinski definition) is 3. The summed E-state index contributed by atoms with van der Waals surface area (Å²) in [4.78, 5) is 14.0. The van der Waals surface area contributed by atoms with Gasteiger partial charge in [-0.2, -0.15) is 0 Å². The largest absolute Gasteiger partial charge is 0.370 e. The number of anilines is 1. The lowest BCUT2D eigenvalue weighted by Crippen LogP contribution is -2.29. The normalized spacial score (nSPS) is 16.3. The molecule has 0 amide bonds. The fraction of sp³-hybridized carbons (Fsp3) is 0.476.